The van der Waals surface area contributed by atoms with Gasteiger partial charge in [0, 0.05) is 0 Å². The number of aliphatic hydroxyl groups excluding tert-OH is 1. The predicted molar refractivity (Wildman–Crippen MR) is 118 cm³/mol. The Morgan fingerprint density at radius 1 is 1.03 bits per heavy atom. The molecule has 1 N–H and O–H groups in total. The van der Waals surface area contributed by atoms with Gasteiger partial charge in [-0.15, -0.1) is 0 Å². The summed E-state index contributed by atoms with van der Waals surface area (Å²) < 4.78 is 36.6. The summed E-state index contributed by atoms with van der Waals surface area (Å²) in [5.41, 5.74) is 2.46. The second-order valence-electron chi connectivity index (χ2n) is 9.61. The van der Waals surface area contributed by atoms with Gasteiger partial charge in [-0.1, -0.05) is 25.1 Å². The number of hydrogen-bond acceptors (Lipinski definition) is 5. The Labute approximate surface area is 184 Å². The molecule has 166 valence electrons. The molecule has 2 saturated carbocycles. The zero-order valence-electron chi connectivity index (χ0n) is 18.1. The van der Waals surface area contributed by atoms with E-state index in [0.717, 1.165) is 44.1 Å². The lowest BCUT2D eigenvalue weighted by Gasteiger charge is -2.50. The number of ether oxygens (including phenoxy) is 1. The number of benzene rings is 2. The molecule has 0 aromatic heterocycles. The lowest BCUT2D eigenvalue weighted by Crippen LogP contribution is -2.43. The summed E-state index contributed by atoms with van der Waals surface area (Å²) in [6.45, 7) is 2.27. The van der Waals surface area contributed by atoms with E-state index in [4.69, 9.17) is 8.92 Å². The van der Waals surface area contributed by atoms with E-state index in [1.165, 1.54) is 17.7 Å². The largest absolute Gasteiger partial charge is 0.493 e. The maximum absolute atomic E-state index is 12.8. The van der Waals surface area contributed by atoms with E-state index in [-0.39, 0.29) is 22.2 Å². The van der Waals surface area contributed by atoms with Gasteiger partial charge in [-0.3, -0.25) is 0 Å². The molecule has 5 nitrogen and oxygen atoms in total. The molecule has 3 aliphatic rings. The smallest absolute Gasteiger partial charge is 0.339 e. The molecule has 2 fully saturated rings. The van der Waals surface area contributed by atoms with Crippen LogP contribution in [0.2, 0.25) is 0 Å². The van der Waals surface area contributed by atoms with Gasteiger partial charge in [-0.05, 0) is 97.1 Å². The molecule has 5 atom stereocenters. The lowest BCUT2D eigenvalue weighted by molar-refractivity contribution is -0.0226. The van der Waals surface area contributed by atoms with Crippen molar-refractivity contribution < 1.29 is 22.4 Å². The summed E-state index contributed by atoms with van der Waals surface area (Å²) in [5, 5.41) is 10.6. The molecule has 31 heavy (non-hydrogen) atoms. The number of hydrogen-bond donors (Lipinski definition) is 1. The average molecular weight is 443 g/mol. The Bertz CT molecular complexity index is 1080. The maximum Gasteiger partial charge on any atom is 0.339 e. The third-order valence-electron chi connectivity index (χ3n) is 8.19. The second kappa shape index (κ2) is 7.52. The van der Waals surface area contributed by atoms with E-state index in [0.29, 0.717) is 23.5 Å². The van der Waals surface area contributed by atoms with E-state index in [9.17, 15) is 13.5 Å². The maximum atomic E-state index is 12.8. The van der Waals surface area contributed by atoms with Crippen LogP contribution in [0.4, 0.5) is 0 Å². The summed E-state index contributed by atoms with van der Waals surface area (Å²) in [4.78, 5) is 0.126. The number of rotatable bonds is 4. The molecule has 0 aliphatic heterocycles. The van der Waals surface area contributed by atoms with Crippen LogP contribution in [-0.4, -0.2) is 26.7 Å². The van der Waals surface area contributed by atoms with Crippen molar-refractivity contribution in [3.63, 3.8) is 0 Å². The highest BCUT2D eigenvalue weighted by atomic mass is 32.2. The predicted octanol–water partition coefficient (Wildman–Crippen LogP) is 4.68. The molecule has 3 unspecified atom stereocenters. The summed E-state index contributed by atoms with van der Waals surface area (Å²) in [6, 6.07) is 12.0. The number of fused-ring (bicyclic) bond motifs is 5. The number of aryl methyl sites for hydroxylation is 1. The first-order chi connectivity index (χ1) is 14.8. The summed E-state index contributed by atoms with van der Waals surface area (Å²) in [7, 11) is -2.38. The minimum absolute atomic E-state index is 0.0373. The SMILES string of the molecule is COc1cc2c(cc1OS(=O)(=O)c1ccccc1)CCC1C2CC[C@@]2(C)C1CC[C@@H]2O. The van der Waals surface area contributed by atoms with E-state index in [2.05, 4.69) is 6.92 Å². The first kappa shape index (κ1) is 20.8. The van der Waals surface area contributed by atoms with Gasteiger partial charge in [-0.25, -0.2) is 0 Å². The molecule has 0 saturated heterocycles. The van der Waals surface area contributed by atoms with Crippen molar-refractivity contribution in [2.24, 2.45) is 17.3 Å². The minimum atomic E-state index is -3.93. The highest BCUT2D eigenvalue weighted by Gasteiger charge is 2.54. The van der Waals surface area contributed by atoms with Crippen LogP contribution in [0.1, 0.15) is 56.1 Å². The molecule has 0 bridgehead atoms. The van der Waals surface area contributed by atoms with Crippen LogP contribution < -0.4 is 8.92 Å². The molecule has 2 aromatic carbocycles. The summed E-state index contributed by atoms with van der Waals surface area (Å²) in [6.07, 6.45) is 5.86. The third-order valence-corrected chi connectivity index (χ3v) is 9.44. The fourth-order valence-corrected chi connectivity index (χ4v) is 7.48. The van der Waals surface area contributed by atoms with Crippen molar-refractivity contribution in [1.29, 1.82) is 0 Å². The molecule has 2 aromatic rings. The Morgan fingerprint density at radius 3 is 2.55 bits per heavy atom. The van der Waals surface area contributed by atoms with Gasteiger partial charge in [-0.2, -0.15) is 8.42 Å². The molecule has 6 heteroatoms. The van der Waals surface area contributed by atoms with E-state index >= 15 is 0 Å². The summed E-state index contributed by atoms with van der Waals surface area (Å²) >= 11 is 0. The standard InChI is InChI=1S/C25H30O5S/c1-25-13-12-18-19(21(25)10-11-24(25)26)9-8-16-14-23(22(29-2)15-20(16)18)30-31(27,28)17-6-4-3-5-7-17/h3-7,14-15,18-19,21,24,26H,8-13H2,1-2H3/t18?,19?,21?,24-,25-/m0/s1. The zero-order valence-corrected chi connectivity index (χ0v) is 18.9. The van der Waals surface area contributed by atoms with Crippen molar-refractivity contribution in [3.05, 3.63) is 53.6 Å². The van der Waals surface area contributed by atoms with Crippen molar-refractivity contribution in [2.45, 2.75) is 62.4 Å². The lowest BCUT2D eigenvalue weighted by atomic mass is 9.55. The molecule has 0 amide bonds. The molecule has 0 radical (unpaired) electrons. The minimum Gasteiger partial charge on any atom is -0.493 e. The number of aliphatic hydroxyl groups is 1. The van der Waals surface area contributed by atoms with Gasteiger partial charge in [0.25, 0.3) is 0 Å². The van der Waals surface area contributed by atoms with Gasteiger partial charge >= 0.3 is 10.1 Å². The van der Waals surface area contributed by atoms with E-state index in [1.807, 2.05) is 12.1 Å². The molecular formula is C25H30O5S. The van der Waals surface area contributed by atoms with Crippen molar-refractivity contribution >= 4 is 10.1 Å². The third kappa shape index (κ3) is 3.35. The zero-order chi connectivity index (χ0) is 21.8. The quantitative estimate of drug-likeness (QED) is 0.696. The van der Waals surface area contributed by atoms with Gasteiger partial charge in [0.2, 0.25) is 0 Å². The first-order valence-corrected chi connectivity index (χ1v) is 12.6. The average Bonchev–Trinajstić information content (AvgIpc) is 3.08. The van der Waals surface area contributed by atoms with Gasteiger partial charge in [0.1, 0.15) is 4.90 Å². The second-order valence-corrected chi connectivity index (χ2v) is 11.2. The Kier molecular flexibility index (Phi) is 5.05. The van der Waals surface area contributed by atoms with Crippen LogP contribution in [0.5, 0.6) is 11.5 Å². The van der Waals surface area contributed by atoms with Crippen LogP contribution in [0.25, 0.3) is 0 Å². The Morgan fingerprint density at radius 2 is 1.81 bits per heavy atom. The molecular weight excluding hydrogens is 412 g/mol. The topological polar surface area (TPSA) is 72.8 Å². The van der Waals surface area contributed by atoms with Crippen LogP contribution in [0, 0.1) is 17.3 Å². The van der Waals surface area contributed by atoms with Crippen LogP contribution in [0.3, 0.4) is 0 Å². The van der Waals surface area contributed by atoms with E-state index in [1.54, 1.807) is 25.3 Å². The molecule has 0 spiro atoms. The monoisotopic (exact) mass is 442 g/mol. The normalized spacial score (nSPS) is 32.0. The first-order valence-electron chi connectivity index (χ1n) is 11.2. The highest BCUT2D eigenvalue weighted by Crippen LogP contribution is 2.61. The van der Waals surface area contributed by atoms with E-state index < -0.39 is 10.1 Å². The highest BCUT2D eigenvalue weighted by molar-refractivity contribution is 7.87. The Hall–Kier alpha value is -2.05. The van der Waals surface area contributed by atoms with Crippen LogP contribution in [0.15, 0.2) is 47.4 Å². The van der Waals surface area contributed by atoms with Gasteiger partial charge < -0.3 is 14.0 Å². The van der Waals surface area contributed by atoms with Crippen molar-refractivity contribution in [2.75, 3.05) is 7.11 Å². The van der Waals surface area contributed by atoms with Crippen molar-refractivity contribution in [3.8, 4) is 11.5 Å². The molecule has 5 rings (SSSR count). The van der Waals surface area contributed by atoms with Crippen LogP contribution >= 0.6 is 0 Å². The van der Waals surface area contributed by atoms with Crippen LogP contribution in [-0.2, 0) is 16.5 Å². The fourth-order valence-electron chi connectivity index (χ4n) is 6.53. The van der Waals surface area contributed by atoms with Gasteiger partial charge in [0.05, 0.1) is 13.2 Å². The summed E-state index contributed by atoms with van der Waals surface area (Å²) in [5.74, 6) is 2.25. The molecule has 0 heterocycles. The fraction of sp³-hybridized carbons (Fsp3) is 0.520. The van der Waals surface area contributed by atoms with Gasteiger partial charge in [0.15, 0.2) is 11.5 Å². The van der Waals surface area contributed by atoms with Crippen molar-refractivity contribution in [1.82, 2.24) is 0 Å². The Balaban J connectivity index is 1.48. The molecule has 3 aliphatic carbocycles. The number of methoxy groups -OCH3 is 1.